The Labute approximate surface area is 124 Å². The van der Waals surface area contributed by atoms with Crippen LogP contribution in [0.2, 0.25) is 0 Å². The maximum absolute atomic E-state index is 12.9. The van der Waals surface area contributed by atoms with E-state index in [0.717, 1.165) is 0 Å². The largest absolute Gasteiger partial charge is 0.460 e. The number of nitrogens with zero attached hydrogens (tertiary/aromatic N) is 1. The second kappa shape index (κ2) is 6.21. The number of halogens is 3. The van der Waals surface area contributed by atoms with Crippen molar-refractivity contribution < 1.29 is 22.7 Å². The van der Waals surface area contributed by atoms with Crippen LogP contribution in [0, 0.1) is 5.92 Å². The average molecular weight is 316 g/mol. The van der Waals surface area contributed by atoms with E-state index >= 15 is 0 Å². The summed E-state index contributed by atoms with van der Waals surface area (Å²) in [5.41, 5.74) is -0.528. The number of benzene rings is 1. The van der Waals surface area contributed by atoms with Gasteiger partial charge in [0, 0.05) is 6.54 Å². The molecule has 1 heterocycles. The quantitative estimate of drug-likeness (QED) is 0.686. The van der Waals surface area contributed by atoms with E-state index in [9.17, 15) is 18.0 Å². The molecule has 1 atom stereocenters. The molecule has 21 heavy (non-hydrogen) atoms. The predicted molar refractivity (Wildman–Crippen MR) is 73.8 cm³/mol. The SMILES string of the molecule is O=C(OCc1ccccc1)C1CNC(=S)N=C1C(F)(F)F. The van der Waals surface area contributed by atoms with Crippen LogP contribution in [0.3, 0.4) is 0 Å². The van der Waals surface area contributed by atoms with Crippen molar-refractivity contribution in [2.24, 2.45) is 10.9 Å². The van der Waals surface area contributed by atoms with Crippen LogP contribution in [0.5, 0.6) is 0 Å². The zero-order valence-electron chi connectivity index (χ0n) is 10.7. The number of nitrogens with one attached hydrogen (secondary N) is 1. The molecule has 0 spiro atoms. The van der Waals surface area contributed by atoms with Gasteiger partial charge in [-0.05, 0) is 17.8 Å². The van der Waals surface area contributed by atoms with Crippen molar-refractivity contribution in [1.82, 2.24) is 5.32 Å². The van der Waals surface area contributed by atoms with E-state index in [1.807, 2.05) is 0 Å². The summed E-state index contributed by atoms with van der Waals surface area (Å²) >= 11 is 4.58. The first-order valence-corrected chi connectivity index (χ1v) is 6.43. The molecule has 1 N–H and O–H groups in total. The lowest BCUT2D eigenvalue weighted by Crippen LogP contribution is -2.47. The zero-order valence-corrected chi connectivity index (χ0v) is 11.5. The zero-order chi connectivity index (χ0) is 15.5. The lowest BCUT2D eigenvalue weighted by Gasteiger charge is -2.24. The van der Waals surface area contributed by atoms with Crippen LogP contribution in [-0.2, 0) is 16.1 Å². The summed E-state index contributed by atoms with van der Waals surface area (Å²) in [6, 6.07) is 8.69. The van der Waals surface area contributed by atoms with E-state index < -0.39 is 23.8 Å². The normalized spacial score (nSPS) is 18.7. The Hall–Kier alpha value is -1.96. The molecular formula is C13H11F3N2O2S. The number of alkyl halides is 3. The number of carbonyl (C=O) groups excluding carboxylic acids is 1. The summed E-state index contributed by atoms with van der Waals surface area (Å²) in [5.74, 6) is -2.50. The highest BCUT2D eigenvalue weighted by Crippen LogP contribution is 2.25. The molecule has 0 aromatic heterocycles. The Kier molecular flexibility index (Phi) is 4.56. The molecule has 4 nitrogen and oxygen atoms in total. The van der Waals surface area contributed by atoms with E-state index in [-0.39, 0.29) is 18.3 Å². The molecule has 0 fully saturated rings. The molecule has 2 rings (SSSR count). The van der Waals surface area contributed by atoms with E-state index in [0.29, 0.717) is 5.56 Å². The first-order valence-electron chi connectivity index (χ1n) is 6.02. The highest BCUT2D eigenvalue weighted by atomic mass is 32.1. The smallest absolute Gasteiger partial charge is 0.430 e. The van der Waals surface area contributed by atoms with E-state index in [2.05, 4.69) is 22.5 Å². The second-order valence-electron chi connectivity index (χ2n) is 4.33. The van der Waals surface area contributed by atoms with Gasteiger partial charge in [0.05, 0.1) is 0 Å². The molecule has 0 saturated heterocycles. The molecule has 0 radical (unpaired) electrons. The minimum atomic E-state index is -4.72. The maximum atomic E-state index is 12.9. The molecule has 112 valence electrons. The van der Waals surface area contributed by atoms with Crippen LogP contribution in [0.15, 0.2) is 35.3 Å². The molecule has 1 unspecified atom stereocenters. The van der Waals surface area contributed by atoms with Gasteiger partial charge < -0.3 is 10.1 Å². The predicted octanol–water partition coefficient (Wildman–Crippen LogP) is 2.24. The van der Waals surface area contributed by atoms with Gasteiger partial charge in [0.25, 0.3) is 0 Å². The van der Waals surface area contributed by atoms with Gasteiger partial charge in [0.1, 0.15) is 18.2 Å². The van der Waals surface area contributed by atoms with Crippen LogP contribution >= 0.6 is 12.2 Å². The fraction of sp³-hybridized carbons (Fsp3) is 0.308. The fourth-order valence-corrected chi connectivity index (χ4v) is 1.98. The molecular weight excluding hydrogens is 305 g/mol. The van der Waals surface area contributed by atoms with Crippen molar-refractivity contribution in [3.8, 4) is 0 Å². The summed E-state index contributed by atoms with van der Waals surface area (Å²) in [7, 11) is 0. The third kappa shape index (κ3) is 4.01. The third-order valence-electron chi connectivity index (χ3n) is 2.81. The molecule has 1 aliphatic heterocycles. The van der Waals surface area contributed by atoms with Gasteiger partial charge in [0.2, 0.25) is 0 Å². The van der Waals surface area contributed by atoms with Crippen molar-refractivity contribution in [1.29, 1.82) is 0 Å². The monoisotopic (exact) mass is 316 g/mol. The number of hydrogen-bond donors (Lipinski definition) is 1. The number of thiocarbonyl (C=S) groups is 1. The van der Waals surface area contributed by atoms with Gasteiger partial charge in [-0.25, -0.2) is 4.99 Å². The van der Waals surface area contributed by atoms with Crippen LogP contribution in [-0.4, -0.2) is 29.5 Å². The minimum absolute atomic E-state index is 0.0915. The molecule has 1 aliphatic rings. The first kappa shape index (κ1) is 15.4. The van der Waals surface area contributed by atoms with Crippen molar-refractivity contribution in [2.75, 3.05) is 6.54 Å². The third-order valence-corrected chi connectivity index (χ3v) is 3.04. The van der Waals surface area contributed by atoms with Gasteiger partial charge in [-0.1, -0.05) is 30.3 Å². The molecule has 0 amide bonds. The lowest BCUT2D eigenvalue weighted by atomic mass is 10.0. The Morgan fingerprint density at radius 3 is 2.67 bits per heavy atom. The standard InChI is InChI=1S/C13H11F3N2O2S/c14-13(15,16)10-9(6-17-12(21)18-10)11(19)20-7-8-4-2-1-3-5-8/h1-5,9H,6-7H2,(H,17,21). The van der Waals surface area contributed by atoms with Crippen LogP contribution in [0.4, 0.5) is 13.2 Å². The molecule has 8 heteroatoms. The van der Waals surface area contributed by atoms with Crippen LogP contribution < -0.4 is 5.32 Å². The number of esters is 1. The number of ether oxygens (including phenoxy) is 1. The minimum Gasteiger partial charge on any atom is -0.460 e. The van der Waals surface area contributed by atoms with Crippen molar-refractivity contribution in [2.45, 2.75) is 12.8 Å². The maximum Gasteiger partial charge on any atom is 0.430 e. The van der Waals surface area contributed by atoms with Gasteiger partial charge in [0.15, 0.2) is 5.11 Å². The highest BCUT2D eigenvalue weighted by molar-refractivity contribution is 7.80. The Balaban J connectivity index is 2.07. The van der Waals surface area contributed by atoms with Gasteiger partial charge in [-0.3, -0.25) is 4.79 Å². The Morgan fingerprint density at radius 2 is 2.05 bits per heavy atom. The van der Waals surface area contributed by atoms with Crippen LogP contribution in [0.1, 0.15) is 5.56 Å². The van der Waals surface area contributed by atoms with E-state index in [1.54, 1.807) is 30.3 Å². The molecule has 0 aliphatic carbocycles. The summed E-state index contributed by atoms with van der Waals surface area (Å²) < 4.78 is 43.5. The Bertz CT molecular complexity index is 573. The number of rotatable bonds is 3. The van der Waals surface area contributed by atoms with Crippen molar-refractivity contribution in [3.63, 3.8) is 0 Å². The molecule has 1 aromatic carbocycles. The summed E-state index contributed by atoms with van der Waals surface area (Å²) in [6.45, 7) is -0.365. The topological polar surface area (TPSA) is 50.7 Å². The first-order chi connectivity index (χ1) is 9.88. The van der Waals surface area contributed by atoms with Gasteiger partial charge in [-0.15, -0.1) is 0 Å². The second-order valence-corrected chi connectivity index (χ2v) is 4.71. The number of hydrogen-bond acceptors (Lipinski definition) is 3. The van der Waals surface area contributed by atoms with E-state index in [4.69, 9.17) is 4.74 Å². The average Bonchev–Trinajstić information content (AvgIpc) is 2.45. The molecule has 0 bridgehead atoms. The van der Waals surface area contributed by atoms with E-state index in [1.165, 1.54) is 0 Å². The summed E-state index contributed by atoms with van der Waals surface area (Å²) in [4.78, 5) is 15.1. The summed E-state index contributed by atoms with van der Waals surface area (Å²) in [6.07, 6.45) is -4.72. The Morgan fingerprint density at radius 1 is 1.38 bits per heavy atom. The van der Waals surface area contributed by atoms with Crippen molar-refractivity contribution >= 4 is 29.0 Å². The lowest BCUT2D eigenvalue weighted by molar-refractivity contribution is -0.148. The highest BCUT2D eigenvalue weighted by Gasteiger charge is 2.46. The number of carbonyl (C=O) groups is 1. The van der Waals surface area contributed by atoms with Gasteiger partial charge in [-0.2, -0.15) is 13.2 Å². The fourth-order valence-electron chi connectivity index (χ4n) is 1.80. The van der Waals surface area contributed by atoms with Crippen molar-refractivity contribution in [3.05, 3.63) is 35.9 Å². The molecule has 0 saturated carbocycles. The number of aliphatic imine (C=N–C) groups is 1. The summed E-state index contributed by atoms with van der Waals surface area (Å²) in [5, 5.41) is 2.17. The van der Waals surface area contributed by atoms with Gasteiger partial charge >= 0.3 is 12.1 Å². The van der Waals surface area contributed by atoms with Crippen LogP contribution in [0.25, 0.3) is 0 Å². The molecule has 1 aromatic rings.